The Balaban J connectivity index is 3.44. The lowest BCUT2D eigenvalue weighted by atomic mass is 10.0. The van der Waals surface area contributed by atoms with Gasteiger partial charge in [-0.25, -0.2) is 0 Å². The summed E-state index contributed by atoms with van der Waals surface area (Å²) in [4.78, 5) is 24.4. The molecular weight excluding hydrogens is 815 g/mol. The predicted octanol–water partition coefficient (Wildman–Crippen LogP) is 17.8. The third-order valence-electron chi connectivity index (χ3n) is 13.1. The average Bonchev–Trinajstić information content (AvgIpc) is 3.32. The molecule has 0 rings (SSSR count). The Bertz CT molecular complexity index is 1110. The van der Waals surface area contributed by atoms with Gasteiger partial charge >= 0.3 is 5.97 Å². The van der Waals surface area contributed by atoms with E-state index in [1.54, 1.807) is 6.08 Å². The van der Waals surface area contributed by atoms with Gasteiger partial charge in [-0.05, 0) is 89.9 Å². The van der Waals surface area contributed by atoms with E-state index in [-0.39, 0.29) is 18.5 Å². The summed E-state index contributed by atoms with van der Waals surface area (Å²) in [6, 6.07) is -0.631. The van der Waals surface area contributed by atoms with Gasteiger partial charge in [-0.15, -0.1) is 0 Å². The standard InChI is InChI=1S/C60H111NO5/c1-3-5-7-9-11-13-15-16-31-34-38-42-46-50-54-60(65)66-55-51-47-43-39-35-32-29-27-25-23-21-19-17-18-20-22-24-26-28-30-33-37-41-45-49-53-59(64)61-57(56-62)58(63)52-48-44-40-36-14-12-10-8-6-4-2/h15-16,18-21,48,52,57-58,62-63H,3-14,17,22-47,49-51,53-56H2,1-2H3,(H,61,64)/b16-15-,20-18-,21-19-,52-48+. The Labute approximate surface area is 410 Å². The molecule has 2 unspecified atom stereocenters. The van der Waals surface area contributed by atoms with E-state index >= 15 is 0 Å². The van der Waals surface area contributed by atoms with E-state index in [0.717, 1.165) is 51.4 Å². The maximum absolute atomic E-state index is 12.4. The van der Waals surface area contributed by atoms with Gasteiger partial charge in [0, 0.05) is 12.8 Å². The first kappa shape index (κ1) is 63.8. The fraction of sp³-hybridized carbons (Fsp3) is 0.833. The molecule has 0 aliphatic rings. The molecule has 3 N–H and O–H groups in total. The third kappa shape index (κ3) is 51.2. The van der Waals surface area contributed by atoms with Crippen LogP contribution < -0.4 is 5.32 Å². The zero-order chi connectivity index (χ0) is 47.9. The largest absolute Gasteiger partial charge is 0.466 e. The van der Waals surface area contributed by atoms with Crippen LogP contribution in [0.25, 0.3) is 0 Å². The first-order valence-corrected chi connectivity index (χ1v) is 28.9. The van der Waals surface area contributed by atoms with Crippen LogP contribution in [0, 0.1) is 0 Å². The fourth-order valence-electron chi connectivity index (χ4n) is 8.60. The van der Waals surface area contributed by atoms with Crippen LogP contribution in [0.2, 0.25) is 0 Å². The lowest BCUT2D eigenvalue weighted by Crippen LogP contribution is -2.45. The zero-order valence-corrected chi connectivity index (χ0v) is 43.9. The van der Waals surface area contributed by atoms with Crippen LogP contribution in [0.4, 0.5) is 0 Å². The second kappa shape index (κ2) is 55.4. The normalized spacial score (nSPS) is 13.0. The van der Waals surface area contributed by atoms with E-state index in [9.17, 15) is 19.8 Å². The smallest absolute Gasteiger partial charge is 0.305 e. The quantitative estimate of drug-likeness (QED) is 0.0321. The van der Waals surface area contributed by atoms with Gasteiger partial charge in [0.25, 0.3) is 0 Å². The summed E-state index contributed by atoms with van der Waals surface area (Å²) in [7, 11) is 0. The molecule has 0 aliphatic heterocycles. The van der Waals surface area contributed by atoms with Crippen LogP contribution in [-0.4, -0.2) is 47.4 Å². The van der Waals surface area contributed by atoms with Gasteiger partial charge in [0.15, 0.2) is 0 Å². The Hall–Kier alpha value is -2.18. The number of carbonyl (C=O) groups is 2. The molecule has 1 amide bonds. The Morgan fingerprint density at radius 3 is 1.17 bits per heavy atom. The summed E-state index contributed by atoms with van der Waals surface area (Å²) < 4.78 is 5.47. The number of esters is 1. The van der Waals surface area contributed by atoms with Crippen LogP contribution in [0.3, 0.4) is 0 Å². The molecule has 0 radical (unpaired) electrons. The van der Waals surface area contributed by atoms with Crippen LogP contribution in [0.15, 0.2) is 48.6 Å². The topological polar surface area (TPSA) is 95.9 Å². The number of aliphatic hydroxyl groups is 2. The summed E-state index contributed by atoms with van der Waals surface area (Å²) in [6.07, 6.45) is 70.0. The van der Waals surface area contributed by atoms with Crippen molar-refractivity contribution >= 4 is 11.9 Å². The van der Waals surface area contributed by atoms with E-state index in [2.05, 4.69) is 55.6 Å². The zero-order valence-electron chi connectivity index (χ0n) is 43.9. The Kier molecular flexibility index (Phi) is 53.6. The lowest BCUT2D eigenvalue weighted by molar-refractivity contribution is -0.143. The highest BCUT2D eigenvalue weighted by atomic mass is 16.5. The van der Waals surface area contributed by atoms with Crippen molar-refractivity contribution in [3.63, 3.8) is 0 Å². The van der Waals surface area contributed by atoms with E-state index in [0.29, 0.717) is 19.4 Å². The summed E-state index contributed by atoms with van der Waals surface area (Å²) in [5, 5.41) is 23.0. The Morgan fingerprint density at radius 1 is 0.424 bits per heavy atom. The second-order valence-electron chi connectivity index (χ2n) is 19.6. The van der Waals surface area contributed by atoms with Crippen molar-refractivity contribution in [2.24, 2.45) is 0 Å². The molecule has 0 bridgehead atoms. The fourth-order valence-corrected chi connectivity index (χ4v) is 8.60. The van der Waals surface area contributed by atoms with Gasteiger partial charge in [-0.1, -0.05) is 242 Å². The van der Waals surface area contributed by atoms with Gasteiger partial charge < -0.3 is 20.3 Å². The number of aliphatic hydroxyl groups excluding tert-OH is 2. The molecule has 0 aliphatic carbocycles. The predicted molar refractivity (Wildman–Crippen MR) is 287 cm³/mol. The van der Waals surface area contributed by atoms with Crippen LogP contribution in [-0.2, 0) is 14.3 Å². The summed E-state index contributed by atoms with van der Waals surface area (Å²) >= 11 is 0. The van der Waals surface area contributed by atoms with Gasteiger partial charge in [-0.2, -0.15) is 0 Å². The third-order valence-corrected chi connectivity index (χ3v) is 13.1. The molecule has 0 aromatic heterocycles. The minimum Gasteiger partial charge on any atom is -0.466 e. The highest BCUT2D eigenvalue weighted by Gasteiger charge is 2.18. The van der Waals surface area contributed by atoms with Gasteiger partial charge in [0.05, 0.1) is 25.4 Å². The lowest BCUT2D eigenvalue weighted by Gasteiger charge is -2.20. The maximum Gasteiger partial charge on any atom is 0.305 e. The minimum atomic E-state index is -0.847. The van der Waals surface area contributed by atoms with Crippen molar-refractivity contribution in [3.05, 3.63) is 48.6 Å². The number of allylic oxidation sites excluding steroid dienone is 7. The summed E-state index contributed by atoms with van der Waals surface area (Å²) in [5.74, 6) is -0.0775. The number of amides is 1. The number of carbonyl (C=O) groups excluding carboxylic acids is 2. The first-order chi connectivity index (χ1) is 32.5. The van der Waals surface area contributed by atoms with Gasteiger partial charge in [-0.3, -0.25) is 9.59 Å². The highest BCUT2D eigenvalue weighted by molar-refractivity contribution is 5.76. The molecule has 66 heavy (non-hydrogen) atoms. The van der Waals surface area contributed by atoms with Crippen molar-refractivity contribution in [1.29, 1.82) is 0 Å². The number of nitrogens with one attached hydrogen (secondary N) is 1. The molecule has 0 heterocycles. The number of ether oxygens (including phenoxy) is 1. The molecule has 386 valence electrons. The minimum absolute atomic E-state index is 0.000714. The van der Waals surface area contributed by atoms with E-state index in [1.807, 2.05) is 6.08 Å². The van der Waals surface area contributed by atoms with E-state index < -0.39 is 12.1 Å². The number of hydrogen-bond donors (Lipinski definition) is 3. The van der Waals surface area contributed by atoms with Crippen molar-refractivity contribution < 1.29 is 24.5 Å². The van der Waals surface area contributed by atoms with Crippen LogP contribution in [0.5, 0.6) is 0 Å². The molecule has 6 nitrogen and oxygen atoms in total. The molecule has 0 saturated carbocycles. The molecule has 0 saturated heterocycles. The van der Waals surface area contributed by atoms with Crippen LogP contribution >= 0.6 is 0 Å². The monoisotopic (exact) mass is 926 g/mol. The van der Waals surface area contributed by atoms with Gasteiger partial charge in [0.1, 0.15) is 0 Å². The first-order valence-electron chi connectivity index (χ1n) is 28.9. The average molecular weight is 927 g/mol. The van der Waals surface area contributed by atoms with Crippen molar-refractivity contribution in [1.82, 2.24) is 5.32 Å². The van der Waals surface area contributed by atoms with E-state index in [1.165, 1.54) is 218 Å². The molecule has 2 atom stereocenters. The van der Waals surface area contributed by atoms with Gasteiger partial charge in [0.2, 0.25) is 5.91 Å². The molecule has 0 spiro atoms. The van der Waals surface area contributed by atoms with Crippen molar-refractivity contribution in [2.45, 2.75) is 309 Å². The number of unbranched alkanes of at least 4 members (excludes halogenated alkanes) is 36. The summed E-state index contributed by atoms with van der Waals surface area (Å²) in [6.45, 7) is 4.86. The number of rotatable bonds is 53. The van der Waals surface area contributed by atoms with Crippen molar-refractivity contribution in [2.75, 3.05) is 13.2 Å². The maximum atomic E-state index is 12.4. The molecule has 0 aromatic rings. The second-order valence-corrected chi connectivity index (χ2v) is 19.6. The molecular formula is C60H111NO5. The molecule has 0 aromatic carbocycles. The summed E-state index contributed by atoms with van der Waals surface area (Å²) in [5.41, 5.74) is 0. The number of hydrogen-bond acceptors (Lipinski definition) is 5. The SMILES string of the molecule is CCCCCCC/C=C\CCCCCCCC(=O)OCCCCCCCCCCC/C=C\C/C=C\CCCCCCCCCCCC(=O)NC(CO)C(O)/C=C/CCCCCCCCCC. The van der Waals surface area contributed by atoms with Crippen molar-refractivity contribution in [3.8, 4) is 0 Å². The van der Waals surface area contributed by atoms with Crippen LogP contribution in [0.1, 0.15) is 296 Å². The molecule has 6 heteroatoms. The van der Waals surface area contributed by atoms with E-state index in [4.69, 9.17) is 4.74 Å². The Morgan fingerprint density at radius 2 is 0.758 bits per heavy atom. The molecule has 0 fully saturated rings. The highest BCUT2D eigenvalue weighted by Crippen LogP contribution is 2.15.